The Hall–Kier alpha value is -1.56. The highest BCUT2D eigenvalue weighted by atomic mass is 127. The molecule has 0 heterocycles. The van der Waals surface area contributed by atoms with Crippen molar-refractivity contribution < 1.29 is 4.79 Å². The maximum Gasteiger partial charge on any atom is 0.255 e. The summed E-state index contributed by atoms with van der Waals surface area (Å²) in [5.74, 6) is -0.154. The molecule has 0 atom stereocenters. The molecule has 2 rings (SSSR count). The molecule has 0 fully saturated rings. The van der Waals surface area contributed by atoms with E-state index in [1.165, 1.54) is 0 Å². The molecule has 0 spiro atoms. The van der Waals surface area contributed by atoms with Gasteiger partial charge in [-0.1, -0.05) is 18.2 Å². The van der Waals surface area contributed by atoms with Crippen molar-refractivity contribution in [3.8, 4) is 0 Å². The lowest BCUT2D eigenvalue weighted by Crippen LogP contribution is -2.13. The van der Waals surface area contributed by atoms with Gasteiger partial charge in [-0.25, -0.2) is 0 Å². The van der Waals surface area contributed by atoms with Crippen LogP contribution in [0.2, 0.25) is 0 Å². The van der Waals surface area contributed by atoms with Gasteiger partial charge in [0.2, 0.25) is 0 Å². The summed E-state index contributed by atoms with van der Waals surface area (Å²) in [5.41, 5.74) is 7.65. The van der Waals surface area contributed by atoms with Crippen molar-refractivity contribution in [2.75, 3.05) is 11.1 Å². The van der Waals surface area contributed by atoms with E-state index in [2.05, 4.69) is 27.9 Å². The number of carbonyl (C=O) groups excluding carboxylic acids is 1. The molecule has 0 aliphatic rings. The monoisotopic (exact) mass is 338 g/mol. The zero-order valence-corrected chi connectivity index (χ0v) is 11.1. The largest absolute Gasteiger partial charge is 0.397 e. The van der Waals surface area contributed by atoms with Gasteiger partial charge in [-0.05, 0) is 52.9 Å². The molecule has 3 N–H and O–H groups in total. The zero-order chi connectivity index (χ0) is 12.3. The molecular formula is C13H11IN2O. The molecule has 2 aromatic carbocycles. The fraction of sp³-hybridized carbons (Fsp3) is 0. The summed E-state index contributed by atoms with van der Waals surface area (Å²) in [6, 6.07) is 14.6. The fourth-order valence-corrected chi connectivity index (χ4v) is 1.95. The summed E-state index contributed by atoms with van der Waals surface area (Å²) >= 11 is 2.17. The SMILES string of the molecule is Nc1cc(I)ccc1NC(=O)c1ccccc1. The third-order valence-electron chi connectivity index (χ3n) is 2.30. The lowest BCUT2D eigenvalue weighted by Gasteiger charge is -2.08. The van der Waals surface area contributed by atoms with Crippen LogP contribution in [-0.2, 0) is 0 Å². The van der Waals surface area contributed by atoms with Crippen LogP contribution in [0, 0.1) is 3.57 Å². The number of anilines is 2. The minimum Gasteiger partial charge on any atom is -0.397 e. The molecule has 86 valence electrons. The quantitative estimate of drug-likeness (QED) is 0.653. The third kappa shape index (κ3) is 2.97. The molecule has 0 bridgehead atoms. The molecule has 3 nitrogen and oxygen atoms in total. The van der Waals surface area contributed by atoms with Gasteiger partial charge in [-0.2, -0.15) is 0 Å². The van der Waals surface area contributed by atoms with Crippen LogP contribution in [0.25, 0.3) is 0 Å². The van der Waals surface area contributed by atoms with Gasteiger partial charge in [-0.15, -0.1) is 0 Å². The van der Waals surface area contributed by atoms with E-state index in [0.29, 0.717) is 16.9 Å². The number of nitrogens with two attached hydrogens (primary N) is 1. The number of rotatable bonds is 2. The molecule has 0 radical (unpaired) electrons. The Morgan fingerprint density at radius 3 is 2.47 bits per heavy atom. The Labute approximate surface area is 113 Å². The Balaban J connectivity index is 2.19. The number of hydrogen-bond donors (Lipinski definition) is 2. The summed E-state index contributed by atoms with van der Waals surface area (Å²) in [7, 11) is 0. The second kappa shape index (κ2) is 5.18. The molecule has 0 saturated carbocycles. The van der Waals surface area contributed by atoms with E-state index in [9.17, 15) is 4.79 Å². The average molecular weight is 338 g/mol. The number of halogens is 1. The van der Waals surface area contributed by atoms with Gasteiger partial charge in [0, 0.05) is 9.13 Å². The van der Waals surface area contributed by atoms with Crippen LogP contribution in [0.3, 0.4) is 0 Å². The van der Waals surface area contributed by atoms with Crippen molar-refractivity contribution in [2.45, 2.75) is 0 Å². The van der Waals surface area contributed by atoms with Crippen LogP contribution in [-0.4, -0.2) is 5.91 Å². The Morgan fingerprint density at radius 2 is 1.82 bits per heavy atom. The minimum absolute atomic E-state index is 0.154. The predicted octanol–water partition coefficient (Wildman–Crippen LogP) is 3.13. The first kappa shape index (κ1) is 11.9. The number of benzene rings is 2. The molecule has 0 aromatic heterocycles. The maximum atomic E-state index is 11.9. The van der Waals surface area contributed by atoms with E-state index in [1.54, 1.807) is 18.2 Å². The predicted molar refractivity (Wildman–Crippen MR) is 78.0 cm³/mol. The van der Waals surface area contributed by atoms with Crippen molar-refractivity contribution in [2.24, 2.45) is 0 Å². The fourth-order valence-electron chi connectivity index (χ4n) is 1.43. The summed E-state index contributed by atoms with van der Waals surface area (Å²) < 4.78 is 1.04. The van der Waals surface area contributed by atoms with Crippen molar-refractivity contribution in [3.05, 3.63) is 57.7 Å². The number of hydrogen-bond acceptors (Lipinski definition) is 2. The van der Waals surface area contributed by atoms with Crippen LogP contribution >= 0.6 is 22.6 Å². The third-order valence-corrected chi connectivity index (χ3v) is 2.97. The van der Waals surface area contributed by atoms with Gasteiger partial charge in [0.25, 0.3) is 5.91 Å². The van der Waals surface area contributed by atoms with E-state index < -0.39 is 0 Å². The topological polar surface area (TPSA) is 55.1 Å². The Morgan fingerprint density at radius 1 is 1.12 bits per heavy atom. The Kier molecular flexibility index (Phi) is 3.63. The van der Waals surface area contributed by atoms with E-state index in [0.717, 1.165) is 3.57 Å². The Bertz CT molecular complexity index is 540. The first-order valence-electron chi connectivity index (χ1n) is 5.08. The second-order valence-electron chi connectivity index (χ2n) is 3.55. The number of nitrogen functional groups attached to an aromatic ring is 1. The summed E-state index contributed by atoms with van der Waals surface area (Å²) in [6.07, 6.45) is 0. The molecule has 4 heteroatoms. The first-order chi connectivity index (χ1) is 8.16. The molecule has 0 unspecified atom stereocenters. The highest BCUT2D eigenvalue weighted by molar-refractivity contribution is 14.1. The van der Waals surface area contributed by atoms with Crippen molar-refractivity contribution in [1.29, 1.82) is 0 Å². The van der Waals surface area contributed by atoms with Crippen LogP contribution in [0.4, 0.5) is 11.4 Å². The molecular weight excluding hydrogens is 327 g/mol. The number of nitrogens with one attached hydrogen (secondary N) is 1. The number of carbonyl (C=O) groups is 1. The molecule has 0 aliphatic heterocycles. The second-order valence-corrected chi connectivity index (χ2v) is 4.80. The van der Waals surface area contributed by atoms with E-state index in [4.69, 9.17) is 5.73 Å². The molecule has 0 saturated heterocycles. The first-order valence-corrected chi connectivity index (χ1v) is 6.16. The van der Waals surface area contributed by atoms with Gasteiger partial charge in [0.15, 0.2) is 0 Å². The van der Waals surface area contributed by atoms with Crippen LogP contribution in [0.1, 0.15) is 10.4 Å². The smallest absolute Gasteiger partial charge is 0.255 e. The van der Waals surface area contributed by atoms with Gasteiger partial charge in [-0.3, -0.25) is 4.79 Å². The number of amides is 1. The lowest BCUT2D eigenvalue weighted by molar-refractivity contribution is 0.102. The van der Waals surface area contributed by atoms with Gasteiger partial charge < -0.3 is 11.1 Å². The highest BCUT2D eigenvalue weighted by Crippen LogP contribution is 2.21. The maximum absolute atomic E-state index is 11.9. The van der Waals surface area contributed by atoms with E-state index in [1.807, 2.05) is 30.3 Å². The van der Waals surface area contributed by atoms with Crippen molar-refractivity contribution in [1.82, 2.24) is 0 Å². The summed E-state index contributed by atoms with van der Waals surface area (Å²) in [6.45, 7) is 0. The zero-order valence-electron chi connectivity index (χ0n) is 8.98. The summed E-state index contributed by atoms with van der Waals surface area (Å²) in [5, 5.41) is 2.79. The van der Waals surface area contributed by atoms with Crippen molar-refractivity contribution in [3.63, 3.8) is 0 Å². The summed E-state index contributed by atoms with van der Waals surface area (Å²) in [4.78, 5) is 11.9. The normalized spacial score (nSPS) is 9.94. The molecule has 1 amide bonds. The molecule has 2 aromatic rings. The van der Waals surface area contributed by atoms with Crippen LogP contribution in [0.5, 0.6) is 0 Å². The average Bonchev–Trinajstić information content (AvgIpc) is 2.34. The van der Waals surface area contributed by atoms with Gasteiger partial charge in [0.1, 0.15) is 0 Å². The van der Waals surface area contributed by atoms with Crippen LogP contribution in [0.15, 0.2) is 48.5 Å². The van der Waals surface area contributed by atoms with E-state index in [-0.39, 0.29) is 5.91 Å². The standard InChI is InChI=1S/C13H11IN2O/c14-10-6-7-12(11(15)8-10)16-13(17)9-4-2-1-3-5-9/h1-8H,15H2,(H,16,17). The molecule has 0 aliphatic carbocycles. The highest BCUT2D eigenvalue weighted by Gasteiger charge is 2.07. The van der Waals surface area contributed by atoms with Gasteiger partial charge in [0.05, 0.1) is 11.4 Å². The van der Waals surface area contributed by atoms with Crippen LogP contribution < -0.4 is 11.1 Å². The van der Waals surface area contributed by atoms with E-state index >= 15 is 0 Å². The minimum atomic E-state index is -0.154. The van der Waals surface area contributed by atoms with Gasteiger partial charge >= 0.3 is 0 Å². The lowest BCUT2D eigenvalue weighted by atomic mass is 10.2. The molecule has 17 heavy (non-hydrogen) atoms. The van der Waals surface area contributed by atoms with Crippen molar-refractivity contribution >= 4 is 39.9 Å².